The van der Waals surface area contributed by atoms with Gasteiger partial charge < -0.3 is 9.72 Å². The van der Waals surface area contributed by atoms with E-state index in [2.05, 4.69) is 4.98 Å². The molecule has 1 aliphatic heterocycles. The fraction of sp³-hybridized carbons (Fsp3) is 0.261. The third-order valence-electron chi connectivity index (χ3n) is 5.27. The molecule has 2 atom stereocenters. The summed E-state index contributed by atoms with van der Waals surface area (Å²) in [5.74, 6) is -2.73. The summed E-state index contributed by atoms with van der Waals surface area (Å²) < 4.78 is 5.22. The average molecular weight is 375 g/mol. The van der Waals surface area contributed by atoms with Crippen LogP contribution in [0.3, 0.4) is 0 Å². The van der Waals surface area contributed by atoms with Crippen LogP contribution in [0.25, 0.3) is 10.9 Å². The number of aromatic nitrogens is 1. The number of cyclic esters (lactones) is 1. The number of para-hydroxylation sites is 1. The number of carbonyl (C=O) groups excluding carboxylic acids is 3. The van der Waals surface area contributed by atoms with E-state index in [-0.39, 0.29) is 12.2 Å². The van der Waals surface area contributed by atoms with Crippen molar-refractivity contribution in [2.24, 2.45) is 5.92 Å². The van der Waals surface area contributed by atoms with Crippen molar-refractivity contribution in [2.75, 3.05) is 0 Å². The zero-order valence-electron chi connectivity index (χ0n) is 15.4. The average Bonchev–Trinajstić information content (AvgIpc) is 3.25. The number of H-pyrrole nitrogens is 1. The molecular formula is C23H21NO4. The maximum Gasteiger partial charge on any atom is 0.325 e. The number of carbonyl (C=O) groups is 3. The second-order valence-corrected chi connectivity index (χ2v) is 7.11. The minimum atomic E-state index is -1.27. The summed E-state index contributed by atoms with van der Waals surface area (Å²) in [7, 11) is 0. The van der Waals surface area contributed by atoms with E-state index in [1.54, 1.807) is 0 Å². The van der Waals surface area contributed by atoms with Crippen molar-refractivity contribution in [2.45, 2.75) is 31.8 Å². The minimum Gasteiger partial charge on any atom is -0.453 e. The summed E-state index contributed by atoms with van der Waals surface area (Å²) in [6.45, 7) is 0. The molecule has 1 N–H and O–H groups in total. The Bertz CT molecular complexity index is 1020. The van der Waals surface area contributed by atoms with Crippen LogP contribution in [0.15, 0.2) is 60.8 Å². The highest BCUT2D eigenvalue weighted by Gasteiger charge is 2.46. The molecule has 2 aromatic carbocycles. The molecule has 0 saturated carbocycles. The Balaban J connectivity index is 1.37. The van der Waals surface area contributed by atoms with Gasteiger partial charge in [0.2, 0.25) is 0 Å². The number of fused-ring (bicyclic) bond motifs is 1. The molecule has 1 saturated heterocycles. The maximum absolute atomic E-state index is 12.6. The van der Waals surface area contributed by atoms with Crippen molar-refractivity contribution in [3.8, 4) is 0 Å². The van der Waals surface area contributed by atoms with Crippen LogP contribution < -0.4 is 0 Å². The molecule has 2 heterocycles. The lowest BCUT2D eigenvalue weighted by Crippen LogP contribution is -2.28. The van der Waals surface area contributed by atoms with Gasteiger partial charge in [0.05, 0.1) is 0 Å². The van der Waals surface area contributed by atoms with Gasteiger partial charge in [-0.2, -0.15) is 0 Å². The van der Waals surface area contributed by atoms with Gasteiger partial charge in [0, 0.05) is 23.5 Å². The minimum absolute atomic E-state index is 0.138. The molecular weight excluding hydrogens is 354 g/mol. The van der Waals surface area contributed by atoms with Gasteiger partial charge in [-0.25, -0.2) is 0 Å². The molecule has 1 aliphatic rings. The lowest BCUT2D eigenvalue weighted by molar-refractivity contribution is -0.147. The van der Waals surface area contributed by atoms with Crippen LogP contribution in [0.1, 0.15) is 24.0 Å². The summed E-state index contributed by atoms with van der Waals surface area (Å²) in [5, 5.41) is 1.05. The van der Waals surface area contributed by atoms with Gasteiger partial charge >= 0.3 is 5.97 Å². The van der Waals surface area contributed by atoms with Gasteiger partial charge in [-0.15, -0.1) is 0 Å². The van der Waals surface area contributed by atoms with E-state index < -0.39 is 23.8 Å². The number of Topliss-reactive ketones (excluding diaryl/α,β-unsaturated/α-hetero) is 2. The second-order valence-electron chi connectivity index (χ2n) is 7.11. The molecule has 3 aromatic rings. The van der Waals surface area contributed by atoms with E-state index in [0.29, 0.717) is 19.3 Å². The van der Waals surface area contributed by atoms with Gasteiger partial charge in [-0.1, -0.05) is 48.5 Å². The van der Waals surface area contributed by atoms with Crippen LogP contribution in [0.2, 0.25) is 0 Å². The zero-order chi connectivity index (χ0) is 19.5. The lowest BCUT2D eigenvalue weighted by atomic mass is 9.92. The topological polar surface area (TPSA) is 76.2 Å². The molecule has 0 bridgehead atoms. The third kappa shape index (κ3) is 3.60. The number of ketones is 2. The highest BCUT2D eigenvalue weighted by Crippen LogP contribution is 2.25. The van der Waals surface area contributed by atoms with Crippen LogP contribution >= 0.6 is 0 Å². The first-order valence-electron chi connectivity index (χ1n) is 9.49. The third-order valence-corrected chi connectivity index (χ3v) is 5.27. The lowest BCUT2D eigenvalue weighted by Gasteiger charge is -2.07. The predicted octanol–water partition coefficient (Wildman–Crippen LogP) is 3.41. The van der Waals surface area contributed by atoms with E-state index in [1.807, 2.05) is 60.8 Å². The van der Waals surface area contributed by atoms with Gasteiger partial charge in [-0.05, 0) is 36.5 Å². The van der Waals surface area contributed by atoms with E-state index in [9.17, 15) is 14.4 Å². The SMILES string of the molecule is O=C(CCc1c[nH]c2ccccc12)C1C(=O)OC(CCc2ccccc2)C1=O. The van der Waals surface area contributed by atoms with Crippen LogP contribution in [0.5, 0.6) is 0 Å². The molecule has 2 unspecified atom stereocenters. The highest BCUT2D eigenvalue weighted by molar-refractivity contribution is 6.21. The van der Waals surface area contributed by atoms with Crippen LogP contribution in [0, 0.1) is 5.92 Å². The monoisotopic (exact) mass is 375 g/mol. The Labute approximate surface area is 162 Å². The van der Waals surface area contributed by atoms with Gasteiger partial charge in [0.15, 0.2) is 23.6 Å². The molecule has 1 fully saturated rings. The number of aryl methyl sites for hydroxylation is 2. The van der Waals surface area contributed by atoms with Crippen molar-refractivity contribution in [1.29, 1.82) is 0 Å². The smallest absolute Gasteiger partial charge is 0.325 e. The number of rotatable bonds is 7. The van der Waals surface area contributed by atoms with Crippen molar-refractivity contribution < 1.29 is 19.1 Å². The first kappa shape index (κ1) is 18.2. The van der Waals surface area contributed by atoms with Crippen molar-refractivity contribution in [3.63, 3.8) is 0 Å². The number of nitrogens with one attached hydrogen (secondary N) is 1. The molecule has 0 radical (unpaired) electrons. The number of ether oxygens (including phenoxy) is 1. The van der Waals surface area contributed by atoms with Gasteiger partial charge in [0.1, 0.15) is 0 Å². The molecule has 1 aromatic heterocycles. The number of aromatic amines is 1. The molecule has 0 amide bonds. The van der Waals surface area contributed by atoms with E-state index in [4.69, 9.17) is 4.74 Å². The number of esters is 1. The van der Waals surface area contributed by atoms with Crippen molar-refractivity contribution >= 4 is 28.4 Å². The van der Waals surface area contributed by atoms with Gasteiger partial charge in [0.25, 0.3) is 0 Å². The van der Waals surface area contributed by atoms with Crippen LogP contribution in [-0.4, -0.2) is 28.6 Å². The Hall–Kier alpha value is -3.21. The quantitative estimate of drug-likeness (QED) is 0.507. The summed E-state index contributed by atoms with van der Waals surface area (Å²) in [4.78, 5) is 40.5. The Morgan fingerprint density at radius 2 is 1.71 bits per heavy atom. The van der Waals surface area contributed by atoms with Crippen molar-refractivity contribution in [1.82, 2.24) is 4.98 Å². The molecule has 4 rings (SSSR count). The van der Waals surface area contributed by atoms with E-state index >= 15 is 0 Å². The van der Waals surface area contributed by atoms with Crippen LogP contribution in [0.4, 0.5) is 0 Å². The van der Waals surface area contributed by atoms with E-state index in [1.165, 1.54) is 0 Å². The highest BCUT2D eigenvalue weighted by atomic mass is 16.6. The number of benzene rings is 2. The number of hydrogen-bond donors (Lipinski definition) is 1. The first-order valence-corrected chi connectivity index (χ1v) is 9.49. The number of hydrogen-bond acceptors (Lipinski definition) is 4. The summed E-state index contributed by atoms with van der Waals surface area (Å²) in [6.07, 6.45) is 2.69. The molecule has 142 valence electrons. The Kier molecular flexibility index (Phi) is 5.06. The molecule has 0 aliphatic carbocycles. The molecule has 0 spiro atoms. The first-order chi connectivity index (χ1) is 13.6. The van der Waals surface area contributed by atoms with Crippen LogP contribution in [-0.2, 0) is 32.0 Å². The predicted molar refractivity (Wildman–Crippen MR) is 105 cm³/mol. The summed E-state index contributed by atoms with van der Waals surface area (Å²) in [6, 6.07) is 17.5. The fourth-order valence-corrected chi connectivity index (χ4v) is 3.74. The Morgan fingerprint density at radius 1 is 0.964 bits per heavy atom. The zero-order valence-corrected chi connectivity index (χ0v) is 15.4. The maximum atomic E-state index is 12.6. The largest absolute Gasteiger partial charge is 0.453 e. The van der Waals surface area contributed by atoms with E-state index in [0.717, 1.165) is 22.0 Å². The summed E-state index contributed by atoms with van der Waals surface area (Å²) >= 11 is 0. The standard InChI is InChI=1S/C23H21NO4/c25-19(12-11-16-14-24-18-9-5-4-8-17(16)18)21-22(26)20(28-23(21)27)13-10-15-6-2-1-3-7-15/h1-9,14,20-21,24H,10-13H2. The Morgan fingerprint density at radius 3 is 2.54 bits per heavy atom. The molecule has 5 heteroatoms. The van der Waals surface area contributed by atoms with Gasteiger partial charge in [-0.3, -0.25) is 14.4 Å². The summed E-state index contributed by atoms with van der Waals surface area (Å²) in [5.41, 5.74) is 3.08. The second kappa shape index (κ2) is 7.80. The normalized spacial score (nSPS) is 19.1. The molecule has 5 nitrogen and oxygen atoms in total. The molecule has 28 heavy (non-hydrogen) atoms. The fourth-order valence-electron chi connectivity index (χ4n) is 3.74. The van der Waals surface area contributed by atoms with Crippen molar-refractivity contribution in [3.05, 3.63) is 71.9 Å².